The highest BCUT2D eigenvalue weighted by atomic mass is 16.6. The van der Waals surface area contributed by atoms with Crippen LogP contribution in [-0.2, 0) is 14.3 Å². The predicted molar refractivity (Wildman–Crippen MR) is 73.8 cm³/mol. The van der Waals surface area contributed by atoms with Gasteiger partial charge in [0.2, 0.25) is 0 Å². The summed E-state index contributed by atoms with van der Waals surface area (Å²) in [5.74, 6) is -0.606. The molecule has 1 N–H and O–H groups in total. The average Bonchev–Trinajstić information content (AvgIpc) is 2.23. The van der Waals surface area contributed by atoms with E-state index in [1.807, 2.05) is 0 Å². The zero-order chi connectivity index (χ0) is 15.1. The number of rotatable bonds is 5. The zero-order valence-electron chi connectivity index (χ0n) is 12.6. The average molecular weight is 271 g/mol. The van der Waals surface area contributed by atoms with Gasteiger partial charge in [0.15, 0.2) is 0 Å². The van der Waals surface area contributed by atoms with Crippen LogP contribution in [0.4, 0.5) is 4.79 Å². The van der Waals surface area contributed by atoms with Gasteiger partial charge in [-0.05, 0) is 41.5 Å². The van der Waals surface area contributed by atoms with Gasteiger partial charge in [0.05, 0.1) is 12.5 Å². The number of hydrogen-bond acceptors (Lipinski definition) is 4. The largest absolute Gasteiger partial charge is 0.466 e. The van der Waals surface area contributed by atoms with Crippen LogP contribution < -0.4 is 5.32 Å². The molecule has 5 heteroatoms. The number of hydrogen-bond donors (Lipinski definition) is 1. The first-order chi connectivity index (χ1) is 8.65. The summed E-state index contributed by atoms with van der Waals surface area (Å²) in [6, 6.07) is -0.216. The van der Waals surface area contributed by atoms with Crippen molar-refractivity contribution in [1.29, 1.82) is 0 Å². The minimum Gasteiger partial charge on any atom is -0.466 e. The van der Waals surface area contributed by atoms with Gasteiger partial charge in [-0.25, -0.2) is 4.79 Å². The lowest BCUT2D eigenvalue weighted by Gasteiger charge is -2.21. The third-order valence-corrected chi connectivity index (χ3v) is 2.09. The summed E-state index contributed by atoms with van der Waals surface area (Å²) >= 11 is 0. The third kappa shape index (κ3) is 9.11. The van der Waals surface area contributed by atoms with Gasteiger partial charge in [-0.2, -0.15) is 0 Å². The summed E-state index contributed by atoms with van der Waals surface area (Å²) in [7, 11) is 0. The quantitative estimate of drug-likeness (QED) is 0.616. The van der Waals surface area contributed by atoms with E-state index in [1.54, 1.807) is 53.7 Å². The SMILES string of the molecule is CCOC(=O)[C@H](C)/C=C/[C@H](C)NC(=O)OC(C)(C)C. The van der Waals surface area contributed by atoms with Crippen molar-refractivity contribution >= 4 is 12.1 Å². The molecule has 0 bridgehead atoms. The standard InChI is InChI=1S/C14H25NO4/c1-7-18-12(16)10(2)8-9-11(3)15-13(17)19-14(4,5)6/h8-11H,7H2,1-6H3,(H,15,17)/b9-8+/t10-,11+/m1/s1. The van der Waals surface area contributed by atoms with E-state index in [9.17, 15) is 9.59 Å². The molecule has 5 nitrogen and oxygen atoms in total. The number of carbonyl (C=O) groups excluding carboxylic acids is 2. The molecule has 0 aliphatic carbocycles. The second-order valence-electron chi connectivity index (χ2n) is 5.36. The van der Waals surface area contributed by atoms with Crippen LogP contribution in [-0.4, -0.2) is 30.3 Å². The summed E-state index contributed by atoms with van der Waals surface area (Å²) in [6.07, 6.45) is 2.97. The second kappa shape index (κ2) is 7.81. The number of alkyl carbamates (subject to hydrolysis) is 1. The molecule has 110 valence electrons. The van der Waals surface area contributed by atoms with Crippen molar-refractivity contribution in [3.63, 3.8) is 0 Å². The maximum atomic E-state index is 11.5. The molecule has 0 aromatic heterocycles. The Labute approximate surface area is 115 Å². The Morgan fingerprint density at radius 2 is 1.79 bits per heavy atom. The van der Waals surface area contributed by atoms with Gasteiger partial charge in [-0.15, -0.1) is 0 Å². The van der Waals surface area contributed by atoms with E-state index in [2.05, 4.69) is 5.32 Å². The van der Waals surface area contributed by atoms with Crippen molar-refractivity contribution in [2.45, 2.75) is 53.2 Å². The van der Waals surface area contributed by atoms with Gasteiger partial charge >= 0.3 is 12.1 Å². The van der Waals surface area contributed by atoms with Crippen molar-refractivity contribution in [3.05, 3.63) is 12.2 Å². The van der Waals surface area contributed by atoms with E-state index in [4.69, 9.17) is 9.47 Å². The van der Waals surface area contributed by atoms with Crippen LogP contribution in [0.2, 0.25) is 0 Å². The normalized spacial score (nSPS) is 14.8. The Balaban J connectivity index is 4.20. The van der Waals surface area contributed by atoms with Gasteiger partial charge in [-0.3, -0.25) is 4.79 Å². The summed E-state index contributed by atoms with van der Waals surface area (Å²) in [5.41, 5.74) is -0.522. The second-order valence-corrected chi connectivity index (χ2v) is 5.36. The number of carbonyl (C=O) groups is 2. The molecule has 0 saturated carbocycles. The molecule has 0 aliphatic rings. The van der Waals surface area contributed by atoms with Crippen molar-refractivity contribution in [3.8, 4) is 0 Å². The topological polar surface area (TPSA) is 64.6 Å². The van der Waals surface area contributed by atoms with Gasteiger partial charge in [-0.1, -0.05) is 12.2 Å². The minimum atomic E-state index is -0.522. The Hall–Kier alpha value is -1.52. The zero-order valence-corrected chi connectivity index (χ0v) is 12.6. The molecule has 0 saturated heterocycles. The summed E-state index contributed by atoms with van der Waals surface area (Å²) in [4.78, 5) is 22.9. The summed E-state index contributed by atoms with van der Waals surface area (Å²) in [5, 5.41) is 2.66. The van der Waals surface area contributed by atoms with Crippen molar-refractivity contribution < 1.29 is 19.1 Å². The number of ether oxygens (including phenoxy) is 2. The number of nitrogens with one attached hydrogen (secondary N) is 1. The van der Waals surface area contributed by atoms with Crippen LogP contribution in [0.5, 0.6) is 0 Å². The summed E-state index contributed by atoms with van der Waals surface area (Å²) in [6.45, 7) is 11.1. The van der Waals surface area contributed by atoms with Gasteiger partial charge < -0.3 is 14.8 Å². The molecular weight excluding hydrogens is 246 g/mol. The van der Waals surface area contributed by atoms with E-state index in [0.717, 1.165) is 0 Å². The molecule has 0 spiro atoms. The van der Waals surface area contributed by atoms with E-state index in [0.29, 0.717) is 6.61 Å². The van der Waals surface area contributed by atoms with E-state index in [1.165, 1.54) is 0 Å². The lowest BCUT2D eigenvalue weighted by molar-refractivity contribution is -0.145. The highest BCUT2D eigenvalue weighted by Gasteiger charge is 2.17. The molecule has 0 aliphatic heterocycles. The van der Waals surface area contributed by atoms with Crippen molar-refractivity contribution in [2.75, 3.05) is 6.61 Å². The van der Waals surface area contributed by atoms with E-state index >= 15 is 0 Å². The molecule has 0 aromatic carbocycles. The molecule has 1 amide bonds. The number of esters is 1. The maximum absolute atomic E-state index is 11.5. The third-order valence-electron chi connectivity index (χ3n) is 2.09. The fraction of sp³-hybridized carbons (Fsp3) is 0.714. The fourth-order valence-corrected chi connectivity index (χ4v) is 1.23. The molecule has 19 heavy (non-hydrogen) atoms. The first-order valence-electron chi connectivity index (χ1n) is 6.50. The van der Waals surface area contributed by atoms with Crippen molar-refractivity contribution in [1.82, 2.24) is 5.32 Å². The first kappa shape index (κ1) is 17.5. The molecule has 0 rings (SSSR count). The molecule has 0 aromatic rings. The highest BCUT2D eigenvalue weighted by molar-refractivity contribution is 5.74. The van der Waals surface area contributed by atoms with Gasteiger partial charge in [0, 0.05) is 6.04 Å². The van der Waals surface area contributed by atoms with Crippen LogP contribution in [0.25, 0.3) is 0 Å². The van der Waals surface area contributed by atoms with E-state index < -0.39 is 11.7 Å². The van der Waals surface area contributed by atoms with Crippen LogP contribution in [0, 0.1) is 5.92 Å². The van der Waals surface area contributed by atoms with Crippen LogP contribution in [0.1, 0.15) is 41.5 Å². The summed E-state index contributed by atoms with van der Waals surface area (Å²) < 4.78 is 10.0. The molecule has 0 radical (unpaired) electrons. The Bertz CT molecular complexity index is 331. The van der Waals surface area contributed by atoms with Crippen LogP contribution in [0.3, 0.4) is 0 Å². The molecule has 0 unspecified atom stereocenters. The fourth-order valence-electron chi connectivity index (χ4n) is 1.23. The van der Waals surface area contributed by atoms with Gasteiger partial charge in [0.1, 0.15) is 5.60 Å². The number of amides is 1. The monoisotopic (exact) mass is 271 g/mol. The first-order valence-corrected chi connectivity index (χ1v) is 6.50. The van der Waals surface area contributed by atoms with E-state index in [-0.39, 0.29) is 17.9 Å². The molecule has 2 atom stereocenters. The Morgan fingerprint density at radius 1 is 1.21 bits per heavy atom. The highest BCUT2D eigenvalue weighted by Crippen LogP contribution is 2.07. The smallest absolute Gasteiger partial charge is 0.408 e. The Kier molecular flexibility index (Phi) is 7.19. The molecule has 0 heterocycles. The van der Waals surface area contributed by atoms with Gasteiger partial charge in [0.25, 0.3) is 0 Å². The lowest BCUT2D eigenvalue weighted by atomic mass is 10.1. The van der Waals surface area contributed by atoms with Crippen LogP contribution in [0.15, 0.2) is 12.2 Å². The predicted octanol–water partition coefficient (Wildman–Crippen LogP) is 2.66. The minimum absolute atomic E-state index is 0.216. The molecular formula is C14H25NO4. The van der Waals surface area contributed by atoms with Crippen molar-refractivity contribution in [2.24, 2.45) is 5.92 Å². The van der Waals surface area contributed by atoms with Crippen LogP contribution >= 0.6 is 0 Å². The lowest BCUT2D eigenvalue weighted by Crippen LogP contribution is -2.36. The molecule has 0 fully saturated rings. The Morgan fingerprint density at radius 3 is 2.26 bits per heavy atom. The maximum Gasteiger partial charge on any atom is 0.408 e.